The molecule has 0 spiro atoms. The minimum Gasteiger partial charge on any atom is -0.395 e. The summed E-state index contributed by atoms with van der Waals surface area (Å²) in [4.78, 5) is 17.3. The number of carbonyl (C=O) groups excluding carboxylic acids is 1. The monoisotopic (exact) mass is 331 g/mol. The van der Waals surface area contributed by atoms with Crippen LogP contribution in [0, 0.1) is 5.92 Å². The van der Waals surface area contributed by atoms with Crippen molar-refractivity contribution in [1.82, 2.24) is 15.1 Å². The Labute approximate surface area is 144 Å². The van der Waals surface area contributed by atoms with Gasteiger partial charge in [-0.05, 0) is 38.4 Å². The summed E-state index contributed by atoms with van der Waals surface area (Å²) in [5.41, 5.74) is 1.34. The smallest absolute Gasteiger partial charge is 0.224 e. The lowest BCUT2D eigenvalue weighted by atomic mass is 9.93. The molecule has 0 saturated carbocycles. The molecule has 132 valence electrons. The van der Waals surface area contributed by atoms with Crippen LogP contribution in [-0.4, -0.2) is 66.7 Å². The molecule has 0 unspecified atom stereocenters. The summed E-state index contributed by atoms with van der Waals surface area (Å²) >= 11 is 0. The van der Waals surface area contributed by atoms with Crippen LogP contribution in [0.5, 0.6) is 0 Å². The second-order valence-electron chi connectivity index (χ2n) is 7.03. The van der Waals surface area contributed by atoms with Gasteiger partial charge in [0.15, 0.2) is 0 Å². The maximum atomic E-state index is 12.7. The van der Waals surface area contributed by atoms with Crippen molar-refractivity contribution in [2.75, 3.05) is 39.8 Å². The van der Waals surface area contributed by atoms with Gasteiger partial charge in [-0.2, -0.15) is 0 Å². The number of rotatable bonds is 7. The Kier molecular flexibility index (Phi) is 5.87. The Balaban J connectivity index is 1.58. The van der Waals surface area contributed by atoms with E-state index in [9.17, 15) is 4.79 Å². The van der Waals surface area contributed by atoms with E-state index in [1.807, 2.05) is 18.0 Å². The number of fused-ring (bicyclic) bond motifs is 1. The molecular formula is C19H29N3O2. The van der Waals surface area contributed by atoms with Gasteiger partial charge in [0.05, 0.1) is 12.5 Å². The Morgan fingerprint density at radius 3 is 2.88 bits per heavy atom. The van der Waals surface area contributed by atoms with Crippen molar-refractivity contribution >= 4 is 5.91 Å². The number of carbonyl (C=O) groups is 1. The number of hydrogen-bond acceptors (Lipinski definition) is 4. The predicted molar refractivity (Wildman–Crippen MR) is 94.6 cm³/mol. The summed E-state index contributed by atoms with van der Waals surface area (Å²) in [7, 11) is 1.96. The third-order valence-corrected chi connectivity index (χ3v) is 5.48. The maximum absolute atomic E-state index is 12.7. The van der Waals surface area contributed by atoms with Crippen LogP contribution in [0.25, 0.3) is 0 Å². The lowest BCUT2D eigenvalue weighted by molar-refractivity contribution is -0.125. The number of likely N-dealkylation sites (N-methyl/N-ethyl adjacent to an activating group) is 1. The van der Waals surface area contributed by atoms with E-state index in [1.165, 1.54) is 12.0 Å². The van der Waals surface area contributed by atoms with Gasteiger partial charge in [-0.25, -0.2) is 0 Å². The molecule has 1 amide bonds. The second kappa shape index (κ2) is 8.10. The average molecular weight is 331 g/mol. The first-order chi connectivity index (χ1) is 11.7. The molecule has 5 nitrogen and oxygen atoms in total. The van der Waals surface area contributed by atoms with Crippen molar-refractivity contribution in [2.45, 2.75) is 31.3 Å². The van der Waals surface area contributed by atoms with Crippen molar-refractivity contribution < 1.29 is 9.90 Å². The van der Waals surface area contributed by atoms with Gasteiger partial charge in [0, 0.05) is 31.7 Å². The largest absolute Gasteiger partial charge is 0.395 e. The standard InChI is InChI=1S/C19H29N3O2/c1-21(12-13-23)11-9-20-19(24)16-14-18(15-6-3-2-4-7-15)22-10-5-8-17(16)22/h2-4,6-7,16-18,23H,5,8-14H2,1H3,(H,20,24)/t16-,17+,18-/m0/s1. The van der Waals surface area contributed by atoms with Crippen LogP contribution >= 0.6 is 0 Å². The number of aliphatic hydroxyl groups excluding tert-OH is 1. The molecule has 0 radical (unpaired) electrons. The van der Waals surface area contributed by atoms with Crippen molar-refractivity contribution in [3.63, 3.8) is 0 Å². The molecule has 2 saturated heterocycles. The van der Waals surface area contributed by atoms with E-state index in [-0.39, 0.29) is 18.4 Å². The summed E-state index contributed by atoms with van der Waals surface area (Å²) < 4.78 is 0. The molecule has 1 aromatic carbocycles. The van der Waals surface area contributed by atoms with Crippen LogP contribution < -0.4 is 5.32 Å². The lowest BCUT2D eigenvalue weighted by Crippen LogP contribution is -2.40. The number of nitrogens with one attached hydrogen (secondary N) is 1. The zero-order valence-corrected chi connectivity index (χ0v) is 14.5. The van der Waals surface area contributed by atoms with E-state index >= 15 is 0 Å². The number of amides is 1. The molecule has 1 aromatic rings. The van der Waals surface area contributed by atoms with E-state index in [1.54, 1.807) is 0 Å². The first-order valence-corrected chi connectivity index (χ1v) is 9.08. The van der Waals surface area contributed by atoms with Crippen LogP contribution in [0.2, 0.25) is 0 Å². The van der Waals surface area contributed by atoms with Gasteiger partial charge >= 0.3 is 0 Å². The van der Waals surface area contributed by atoms with Gasteiger partial charge in [0.1, 0.15) is 0 Å². The molecule has 2 aliphatic rings. The highest BCUT2D eigenvalue weighted by molar-refractivity contribution is 5.80. The highest BCUT2D eigenvalue weighted by atomic mass is 16.3. The molecule has 3 rings (SSSR count). The van der Waals surface area contributed by atoms with Crippen LogP contribution in [0.3, 0.4) is 0 Å². The highest BCUT2D eigenvalue weighted by Gasteiger charge is 2.46. The predicted octanol–water partition coefficient (Wildman–Crippen LogP) is 1.25. The van der Waals surface area contributed by atoms with Gasteiger partial charge in [-0.3, -0.25) is 9.69 Å². The molecular weight excluding hydrogens is 302 g/mol. The second-order valence-corrected chi connectivity index (χ2v) is 7.03. The minimum atomic E-state index is 0.0980. The van der Waals surface area contributed by atoms with Gasteiger partial charge in [-0.1, -0.05) is 30.3 Å². The molecule has 0 aromatic heterocycles. The molecule has 5 heteroatoms. The third kappa shape index (κ3) is 3.79. The number of nitrogens with zero attached hydrogens (tertiary/aromatic N) is 2. The normalized spacial score (nSPS) is 26.7. The molecule has 2 aliphatic heterocycles. The number of aliphatic hydroxyl groups is 1. The van der Waals surface area contributed by atoms with Crippen LogP contribution in [0.1, 0.15) is 30.9 Å². The van der Waals surface area contributed by atoms with Crippen molar-refractivity contribution in [3.8, 4) is 0 Å². The quantitative estimate of drug-likeness (QED) is 0.790. The summed E-state index contributed by atoms with van der Waals surface area (Å²) in [6, 6.07) is 11.4. The van der Waals surface area contributed by atoms with Crippen molar-refractivity contribution in [3.05, 3.63) is 35.9 Å². The molecule has 2 heterocycles. The van der Waals surface area contributed by atoms with Gasteiger partial charge in [-0.15, -0.1) is 0 Å². The molecule has 2 N–H and O–H groups in total. The molecule has 3 atom stereocenters. The third-order valence-electron chi connectivity index (χ3n) is 5.48. The Hall–Kier alpha value is -1.43. The average Bonchev–Trinajstić information content (AvgIpc) is 3.18. The minimum absolute atomic E-state index is 0.0980. The topological polar surface area (TPSA) is 55.8 Å². The first-order valence-electron chi connectivity index (χ1n) is 9.08. The Bertz CT molecular complexity index is 537. The zero-order chi connectivity index (χ0) is 16.9. The van der Waals surface area contributed by atoms with E-state index < -0.39 is 0 Å². The first kappa shape index (κ1) is 17.4. The Morgan fingerprint density at radius 1 is 1.33 bits per heavy atom. The van der Waals surface area contributed by atoms with Crippen molar-refractivity contribution in [2.24, 2.45) is 5.92 Å². The van der Waals surface area contributed by atoms with Crippen molar-refractivity contribution in [1.29, 1.82) is 0 Å². The van der Waals surface area contributed by atoms with E-state index in [0.29, 0.717) is 25.2 Å². The van der Waals surface area contributed by atoms with Gasteiger partial charge in [0.2, 0.25) is 5.91 Å². The zero-order valence-electron chi connectivity index (χ0n) is 14.5. The van der Waals surface area contributed by atoms with E-state index in [4.69, 9.17) is 5.11 Å². The fraction of sp³-hybridized carbons (Fsp3) is 0.632. The van der Waals surface area contributed by atoms with Crippen LogP contribution in [-0.2, 0) is 4.79 Å². The van der Waals surface area contributed by atoms with Crippen LogP contribution in [0.4, 0.5) is 0 Å². The van der Waals surface area contributed by atoms with E-state index in [0.717, 1.165) is 25.9 Å². The SMILES string of the molecule is CN(CCO)CCNC(=O)[C@H]1C[C@@H](c2ccccc2)N2CCC[C@H]12. The molecule has 24 heavy (non-hydrogen) atoms. The molecule has 2 fully saturated rings. The summed E-state index contributed by atoms with van der Waals surface area (Å²) in [6.45, 7) is 3.33. The highest BCUT2D eigenvalue weighted by Crippen LogP contribution is 2.44. The summed E-state index contributed by atoms with van der Waals surface area (Å²) in [6.07, 6.45) is 3.25. The Morgan fingerprint density at radius 2 is 2.12 bits per heavy atom. The van der Waals surface area contributed by atoms with E-state index in [2.05, 4.69) is 34.5 Å². The van der Waals surface area contributed by atoms with Gasteiger partial charge < -0.3 is 15.3 Å². The molecule has 0 aliphatic carbocycles. The summed E-state index contributed by atoms with van der Waals surface area (Å²) in [5.74, 6) is 0.295. The lowest BCUT2D eigenvalue weighted by Gasteiger charge is -2.24. The van der Waals surface area contributed by atoms with Crippen LogP contribution in [0.15, 0.2) is 30.3 Å². The van der Waals surface area contributed by atoms with Gasteiger partial charge in [0.25, 0.3) is 0 Å². The molecule has 0 bridgehead atoms. The number of hydrogen-bond donors (Lipinski definition) is 2. The number of benzene rings is 1. The fourth-order valence-electron chi connectivity index (χ4n) is 4.24. The maximum Gasteiger partial charge on any atom is 0.224 e. The summed E-state index contributed by atoms with van der Waals surface area (Å²) in [5, 5.41) is 12.0. The fourth-order valence-corrected chi connectivity index (χ4v) is 4.24.